The van der Waals surface area contributed by atoms with E-state index >= 15 is 0 Å². The number of aromatic carboxylic acids is 1. The molecule has 0 atom stereocenters. The monoisotopic (exact) mass is 241 g/mol. The topological polar surface area (TPSA) is 63.3 Å². The van der Waals surface area contributed by atoms with Crippen LogP contribution in [0, 0.1) is 13.8 Å². The van der Waals surface area contributed by atoms with Crippen molar-refractivity contribution in [1.82, 2.24) is 0 Å². The molecule has 0 saturated heterocycles. The summed E-state index contributed by atoms with van der Waals surface area (Å²) in [5.74, 6) is -1.00. The van der Waals surface area contributed by atoms with Gasteiger partial charge in [-0.05, 0) is 48.2 Å². The third-order valence-electron chi connectivity index (χ3n) is 3.12. The van der Waals surface area contributed by atoms with E-state index in [1.54, 1.807) is 12.1 Å². The number of aryl methyl sites for hydroxylation is 2. The molecule has 0 saturated carbocycles. The minimum atomic E-state index is -1.00. The Morgan fingerprint density at radius 2 is 1.61 bits per heavy atom. The molecule has 2 aromatic rings. The first kappa shape index (κ1) is 12.2. The van der Waals surface area contributed by atoms with Crippen LogP contribution in [0.4, 0.5) is 5.69 Å². The van der Waals surface area contributed by atoms with Gasteiger partial charge in [0.15, 0.2) is 0 Å². The lowest BCUT2D eigenvalue weighted by Crippen LogP contribution is -2.02. The van der Waals surface area contributed by atoms with E-state index in [9.17, 15) is 4.79 Å². The predicted molar refractivity (Wildman–Crippen MR) is 72.7 cm³/mol. The summed E-state index contributed by atoms with van der Waals surface area (Å²) >= 11 is 0. The summed E-state index contributed by atoms with van der Waals surface area (Å²) < 4.78 is 0. The number of nitrogens with two attached hydrogens (primary N) is 1. The molecule has 2 rings (SSSR count). The van der Waals surface area contributed by atoms with Crippen molar-refractivity contribution in [1.29, 1.82) is 0 Å². The van der Waals surface area contributed by atoms with Gasteiger partial charge in [-0.15, -0.1) is 0 Å². The van der Waals surface area contributed by atoms with Gasteiger partial charge >= 0.3 is 5.97 Å². The first-order valence-electron chi connectivity index (χ1n) is 5.69. The van der Waals surface area contributed by atoms with Crippen LogP contribution in [0.15, 0.2) is 36.4 Å². The summed E-state index contributed by atoms with van der Waals surface area (Å²) in [6.45, 7) is 4.08. The second kappa shape index (κ2) is 4.53. The van der Waals surface area contributed by atoms with Crippen LogP contribution in [0.5, 0.6) is 0 Å². The Bertz CT molecular complexity index is 618. The molecule has 92 valence electrons. The minimum absolute atomic E-state index is 0.144. The van der Waals surface area contributed by atoms with E-state index in [1.807, 2.05) is 38.1 Å². The number of benzene rings is 2. The van der Waals surface area contributed by atoms with Gasteiger partial charge in [-0.1, -0.05) is 24.3 Å². The lowest BCUT2D eigenvalue weighted by atomic mass is 9.98. The van der Waals surface area contributed by atoms with Crippen molar-refractivity contribution in [2.45, 2.75) is 13.8 Å². The quantitative estimate of drug-likeness (QED) is 0.793. The number of carbonyl (C=O) groups is 1. The van der Waals surface area contributed by atoms with E-state index < -0.39 is 5.97 Å². The Kier molecular flexibility index (Phi) is 3.06. The van der Waals surface area contributed by atoms with Gasteiger partial charge in [0.25, 0.3) is 0 Å². The van der Waals surface area contributed by atoms with Crippen molar-refractivity contribution in [3.8, 4) is 11.1 Å². The van der Waals surface area contributed by atoms with Crippen LogP contribution in [0.1, 0.15) is 21.5 Å². The number of anilines is 1. The molecular formula is C15H15NO2. The smallest absolute Gasteiger partial charge is 0.337 e. The van der Waals surface area contributed by atoms with E-state index in [-0.39, 0.29) is 11.3 Å². The fraction of sp³-hybridized carbons (Fsp3) is 0.133. The third kappa shape index (κ3) is 2.20. The summed E-state index contributed by atoms with van der Waals surface area (Å²) in [7, 11) is 0. The minimum Gasteiger partial charge on any atom is -0.478 e. The maximum absolute atomic E-state index is 11.0. The lowest BCUT2D eigenvalue weighted by molar-refractivity contribution is 0.0698. The maximum atomic E-state index is 11.0. The van der Waals surface area contributed by atoms with E-state index in [4.69, 9.17) is 10.8 Å². The van der Waals surface area contributed by atoms with Crippen LogP contribution in [0.2, 0.25) is 0 Å². The van der Waals surface area contributed by atoms with Crippen molar-refractivity contribution < 1.29 is 9.90 Å². The van der Waals surface area contributed by atoms with Crippen LogP contribution in [0.3, 0.4) is 0 Å². The molecule has 0 heterocycles. The molecule has 0 bridgehead atoms. The Labute approximate surface area is 106 Å². The number of hydrogen-bond donors (Lipinski definition) is 2. The average molecular weight is 241 g/mol. The average Bonchev–Trinajstić information content (AvgIpc) is 2.33. The van der Waals surface area contributed by atoms with Crippen LogP contribution in [-0.4, -0.2) is 11.1 Å². The largest absolute Gasteiger partial charge is 0.478 e. The Balaban J connectivity index is 2.54. The highest BCUT2D eigenvalue weighted by molar-refractivity contribution is 5.95. The van der Waals surface area contributed by atoms with Crippen molar-refractivity contribution >= 4 is 11.7 Å². The first-order chi connectivity index (χ1) is 8.49. The third-order valence-corrected chi connectivity index (χ3v) is 3.12. The number of rotatable bonds is 2. The Morgan fingerprint density at radius 1 is 1.00 bits per heavy atom. The molecule has 0 fully saturated rings. The standard InChI is InChI=1S/C15H15NO2/c1-9-3-4-11(7-10(9)2)12-5-6-14(16)13(8-12)15(17)18/h3-8H,16H2,1-2H3,(H,17,18). The highest BCUT2D eigenvalue weighted by atomic mass is 16.4. The SMILES string of the molecule is Cc1ccc(-c2ccc(N)c(C(=O)O)c2)cc1C. The predicted octanol–water partition coefficient (Wildman–Crippen LogP) is 3.25. The normalized spacial score (nSPS) is 10.3. The second-order valence-corrected chi connectivity index (χ2v) is 4.41. The molecule has 18 heavy (non-hydrogen) atoms. The lowest BCUT2D eigenvalue weighted by Gasteiger charge is -2.08. The zero-order chi connectivity index (χ0) is 13.3. The maximum Gasteiger partial charge on any atom is 0.337 e. The Hall–Kier alpha value is -2.29. The first-order valence-corrected chi connectivity index (χ1v) is 5.69. The molecule has 0 radical (unpaired) electrons. The molecule has 0 spiro atoms. The van der Waals surface area contributed by atoms with Crippen molar-refractivity contribution in [2.75, 3.05) is 5.73 Å². The van der Waals surface area contributed by atoms with Gasteiger partial charge in [0, 0.05) is 5.69 Å². The van der Waals surface area contributed by atoms with Crippen molar-refractivity contribution in [3.63, 3.8) is 0 Å². The van der Waals surface area contributed by atoms with E-state index in [0.717, 1.165) is 11.1 Å². The molecule has 3 nitrogen and oxygen atoms in total. The van der Waals surface area contributed by atoms with Crippen LogP contribution < -0.4 is 5.73 Å². The summed E-state index contributed by atoms with van der Waals surface area (Å²) in [6, 6.07) is 11.1. The Morgan fingerprint density at radius 3 is 2.22 bits per heavy atom. The molecule has 0 aliphatic rings. The summed E-state index contributed by atoms with van der Waals surface area (Å²) in [4.78, 5) is 11.0. The summed E-state index contributed by atoms with van der Waals surface area (Å²) in [5, 5.41) is 9.06. The van der Waals surface area contributed by atoms with Gasteiger partial charge in [0.1, 0.15) is 0 Å². The van der Waals surface area contributed by atoms with E-state index in [1.165, 1.54) is 11.1 Å². The molecular weight excluding hydrogens is 226 g/mol. The molecule has 0 unspecified atom stereocenters. The number of hydrogen-bond acceptors (Lipinski definition) is 2. The highest BCUT2D eigenvalue weighted by Crippen LogP contribution is 2.25. The molecule has 2 aromatic carbocycles. The molecule has 3 N–H and O–H groups in total. The second-order valence-electron chi connectivity index (χ2n) is 4.41. The molecule has 0 aliphatic heterocycles. The molecule has 0 amide bonds. The zero-order valence-corrected chi connectivity index (χ0v) is 10.4. The van der Waals surface area contributed by atoms with Gasteiger partial charge in [0.05, 0.1) is 5.56 Å². The van der Waals surface area contributed by atoms with Gasteiger partial charge in [-0.25, -0.2) is 4.79 Å². The van der Waals surface area contributed by atoms with Crippen molar-refractivity contribution in [2.24, 2.45) is 0 Å². The number of carboxylic acid groups (broad SMARTS) is 1. The fourth-order valence-electron chi connectivity index (χ4n) is 1.84. The highest BCUT2D eigenvalue weighted by Gasteiger charge is 2.09. The number of carboxylic acids is 1. The van der Waals surface area contributed by atoms with Crippen LogP contribution in [-0.2, 0) is 0 Å². The van der Waals surface area contributed by atoms with Crippen LogP contribution in [0.25, 0.3) is 11.1 Å². The zero-order valence-electron chi connectivity index (χ0n) is 10.4. The van der Waals surface area contributed by atoms with Gasteiger partial charge < -0.3 is 10.8 Å². The van der Waals surface area contributed by atoms with Gasteiger partial charge in [-0.3, -0.25) is 0 Å². The summed E-state index contributed by atoms with van der Waals surface area (Å²) in [6.07, 6.45) is 0. The molecule has 3 heteroatoms. The van der Waals surface area contributed by atoms with E-state index in [0.29, 0.717) is 0 Å². The molecule has 0 aliphatic carbocycles. The van der Waals surface area contributed by atoms with Gasteiger partial charge in [0.2, 0.25) is 0 Å². The van der Waals surface area contributed by atoms with Crippen molar-refractivity contribution in [3.05, 3.63) is 53.1 Å². The summed E-state index contributed by atoms with van der Waals surface area (Å²) in [5.41, 5.74) is 10.3. The van der Waals surface area contributed by atoms with E-state index in [2.05, 4.69) is 0 Å². The van der Waals surface area contributed by atoms with Gasteiger partial charge in [-0.2, -0.15) is 0 Å². The molecule has 0 aromatic heterocycles. The number of nitrogen functional groups attached to an aromatic ring is 1. The van der Waals surface area contributed by atoms with Crippen LogP contribution >= 0.6 is 0 Å². The fourth-order valence-corrected chi connectivity index (χ4v) is 1.84.